The number of aryl methyl sites for hydroxylation is 3. The van der Waals surface area contributed by atoms with Gasteiger partial charge in [-0.25, -0.2) is 9.18 Å². The van der Waals surface area contributed by atoms with Gasteiger partial charge in [-0.05, 0) is 62.6 Å². The number of hydrogen-bond donors (Lipinski definition) is 1. The standard InChI is InChI=1S/C21H21ClFNO3/c1-12-9-13(2)20(14(3)10-12)24-21(26)15(4)27-19(25)8-6-16-5-7-18(23)17(22)11-16/h5-11,15H,1-4H3,(H,24,26)/b8-6+/t15-/m1/s1. The van der Waals surface area contributed by atoms with Crippen LogP contribution in [0.25, 0.3) is 6.08 Å². The molecule has 0 radical (unpaired) electrons. The molecule has 4 nitrogen and oxygen atoms in total. The molecule has 0 heterocycles. The Morgan fingerprint density at radius 3 is 2.37 bits per heavy atom. The number of anilines is 1. The summed E-state index contributed by atoms with van der Waals surface area (Å²) in [4.78, 5) is 24.2. The van der Waals surface area contributed by atoms with Gasteiger partial charge in [0, 0.05) is 11.8 Å². The van der Waals surface area contributed by atoms with E-state index in [1.807, 2.05) is 32.9 Å². The SMILES string of the molecule is Cc1cc(C)c(NC(=O)[C@@H](C)OC(=O)/C=C/c2ccc(F)c(Cl)c2)c(C)c1. The van der Waals surface area contributed by atoms with Crippen LogP contribution in [0.1, 0.15) is 29.2 Å². The molecule has 142 valence electrons. The van der Waals surface area contributed by atoms with Crippen LogP contribution in [0.4, 0.5) is 10.1 Å². The third-order valence-electron chi connectivity index (χ3n) is 3.94. The lowest BCUT2D eigenvalue weighted by Gasteiger charge is -2.16. The summed E-state index contributed by atoms with van der Waals surface area (Å²) in [6.45, 7) is 7.29. The quantitative estimate of drug-likeness (QED) is 0.579. The summed E-state index contributed by atoms with van der Waals surface area (Å²) in [7, 11) is 0. The second kappa shape index (κ2) is 8.82. The van der Waals surface area contributed by atoms with Crippen LogP contribution in [-0.4, -0.2) is 18.0 Å². The molecule has 27 heavy (non-hydrogen) atoms. The monoisotopic (exact) mass is 389 g/mol. The average molecular weight is 390 g/mol. The first-order chi connectivity index (χ1) is 12.7. The highest BCUT2D eigenvalue weighted by Crippen LogP contribution is 2.22. The molecule has 1 atom stereocenters. The lowest BCUT2D eigenvalue weighted by Crippen LogP contribution is -2.30. The Hall–Kier alpha value is -2.66. The van der Waals surface area contributed by atoms with Gasteiger partial charge in [0.2, 0.25) is 0 Å². The van der Waals surface area contributed by atoms with E-state index in [0.29, 0.717) is 11.3 Å². The first-order valence-corrected chi connectivity index (χ1v) is 8.77. The largest absolute Gasteiger partial charge is 0.449 e. The van der Waals surface area contributed by atoms with Crippen molar-refractivity contribution >= 4 is 35.2 Å². The van der Waals surface area contributed by atoms with Crippen LogP contribution in [0.2, 0.25) is 5.02 Å². The molecule has 0 aliphatic heterocycles. The van der Waals surface area contributed by atoms with Crippen molar-refractivity contribution in [3.63, 3.8) is 0 Å². The summed E-state index contributed by atoms with van der Waals surface area (Å²) in [5.41, 5.74) is 4.24. The van der Waals surface area contributed by atoms with Crippen LogP contribution in [0.15, 0.2) is 36.4 Å². The molecule has 0 bridgehead atoms. The Bertz CT molecular complexity index is 885. The van der Waals surface area contributed by atoms with Crippen LogP contribution in [0, 0.1) is 26.6 Å². The van der Waals surface area contributed by atoms with E-state index < -0.39 is 23.8 Å². The second-order valence-corrected chi connectivity index (χ2v) is 6.76. The van der Waals surface area contributed by atoms with E-state index in [9.17, 15) is 14.0 Å². The normalized spacial score (nSPS) is 12.1. The van der Waals surface area contributed by atoms with Crippen molar-refractivity contribution in [1.82, 2.24) is 0 Å². The van der Waals surface area contributed by atoms with Gasteiger partial charge in [0.05, 0.1) is 5.02 Å². The third-order valence-corrected chi connectivity index (χ3v) is 4.23. The van der Waals surface area contributed by atoms with E-state index in [0.717, 1.165) is 22.8 Å². The summed E-state index contributed by atoms with van der Waals surface area (Å²) in [6.07, 6.45) is 1.63. The van der Waals surface area contributed by atoms with Crippen molar-refractivity contribution < 1.29 is 18.7 Å². The first kappa shape index (κ1) is 20.6. The number of esters is 1. The summed E-state index contributed by atoms with van der Waals surface area (Å²) in [5, 5.41) is 2.76. The van der Waals surface area contributed by atoms with Gasteiger partial charge in [-0.2, -0.15) is 0 Å². The summed E-state index contributed by atoms with van der Waals surface area (Å²) in [5.74, 6) is -1.64. The Labute approximate surface area is 163 Å². The fourth-order valence-electron chi connectivity index (χ4n) is 2.65. The lowest BCUT2D eigenvalue weighted by atomic mass is 10.0. The minimum Gasteiger partial charge on any atom is -0.449 e. The number of amides is 1. The lowest BCUT2D eigenvalue weighted by molar-refractivity contribution is -0.148. The van der Waals surface area contributed by atoms with Gasteiger partial charge in [-0.3, -0.25) is 4.79 Å². The molecule has 0 fully saturated rings. The minimum absolute atomic E-state index is 0.0397. The minimum atomic E-state index is -0.973. The zero-order valence-electron chi connectivity index (χ0n) is 15.6. The summed E-state index contributed by atoms with van der Waals surface area (Å²) >= 11 is 5.69. The van der Waals surface area contributed by atoms with Gasteiger partial charge >= 0.3 is 5.97 Å². The smallest absolute Gasteiger partial charge is 0.331 e. The van der Waals surface area contributed by atoms with Gasteiger partial charge < -0.3 is 10.1 Å². The fraction of sp³-hybridized carbons (Fsp3) is 0.238. The molecule has 0 aliphatic carbocycles. The van der Waals surface area contributed by atoms with Crippen molar-refractivity contribution in [3.05, 3.63) is 69.5 Å². The maximum Gasteiger partial charge on any atom is 0.331 e. The van der Waals surface area contributed by atoms with Gasteiger partial charge in [-0.15, -0.1) is 0 Å². The number of rotatable bonds is 5. The predicted molar refractivity (Wildman–Crippen MR) is 105 cm³/mol. The molecule has 2 aromatic rings. The number of hydrogen-bond acceptors (Lipinski definition) is 3. The van der Waals surface area contributed by atoms with E-state index in [1.165, 1.54) is 31.2 Å². The van der Waals surface area contributed by atoms with E-state index in [-0.39, 0.29) is 5.02 Å². The van der Waals surface area contributed by atoms with Crippen molar-refractivity contribution in [2.75, 3.05) is 5.32 Å². The zero-order valence-corrected chi connectivity index (χ0v) is 16.4. The number of carbonyl (C=O) groups excluding carboxylic acids is 2. The topological polar surface area (TPSA) is 55.4 Å². The highest BCUT2D eigenvalue weighted by molar-refractivity contribution is 6.30. The molecule has 0 aromatic heterocycles. The Morgan fingerprint density at radius 1 is 1.15 bits per heavy atom. The number of halogens is 2. The summed E-state index contributed by atoms with van der Waals surface area (Å²) < 4.78 is 18.2. The maximum absolute atomic E-state index is 13.1. The van der Waals surface area contributed by atoms with Crippen molar-refractivity contribution in [1.29, 1.82) is 0 Å². The van der Waals surface area contributed by atoms with Crippen LogP contribution in [0.5, 0.6) is 0 Å². The predicted octanol–water partition coefficient (Wildman–Crippen LogP) is 4.99. The Morgan fingerprint density at radius 2 is 1.78 bits per heavy atom. The second-order valence-electron chi connectivity index (χ2n) is 6.35. The van der Waals surface area contributed by atoms with E-state index >= 15 is 0 Å². The molecule has 1 amide bonds. The first-order valence-electron chi connectivity index (χ1n) is 8.40. The average Bonchev–Trinajstić information content (AvgIpc) is 2.58. The Kier molecular flexibility index (Phi) is 6.75. The van der Waals surface area contributed by atoms with Crippen LogP contribution < -0.4 is 5.32 Å². The molecule has 6 heteroatoms. The molecular formula is C21H21ClFNO3. The van der Waals surface area contributed by atoms with Crippen LogP contribution in [-0.2, 0) is 14.3 Å². The van der Waals surface area contributed by atoms with Crippen molar-refractivity contribution in [2.24, 2.45) is 0 Å². The molecule has 0 saturated heterocycles. The molecular weight excluding hydrogens is 369 g/mol. The van der Waals surface area contributed by atoms with Crippen LogP contribution in [0.3, 0.4) is 0 Å². The van der Waals surface area contributed by atoms with Gasteiger partial charge in [0.15, 0.2) is 6.10 Å². The van der Waals surface area contributed by atoms with Crippen molar-refractivity contribution in [2.45, 2.75) is 33.8 Å². The Balaban J connectivity index is 1.98. The summed E-state index contributed by atoms with van der Waals surface area (Å²) in [6, 6.07) is 8.01. The number of carbonyl (C=O) groups is 2. The molecule has 0 unspecified atom stereocenters. The van der Waals surface area contributed by atoms with Crippen LogP contribution >= 0.6 is 11.6 Å². The molecule has 0 spiro atoms. The highest BCUT2D eigenvalue weighted by Gasteiger charge is 2.18. The number of ether oxygens (including phenoxy) is 1. The van der Waals surface area contributed by atoms with Gasteiger partial charge in [0.1, 0.15) is 5.82 Å². The van der Waals surface area contributed by atoms with E-state index in [4.69, 9.17) is 16.3 Å². The van der Waals surface area contributed by atoms with Gasteiger partial charge in [-0.1, -0.05) is 35.4 Å². The van der Waals surface area contributed by atoms with Gasteiger partial charge in [0.25, 0.3) is 5.91 Å². The molecule has 2 rings (SSSR count). The molecule has 2 aromatic carbocycles. The number of benzene rings is 2. The third kappa shape index (κ3) is 5.66. The highest BCUT2D eigenvalue weighted by atomic mass is 35.5. The molecule has 1 N–H and O–H groups in total. The molecule has 0 aliphatic rings. The maximum atomic E-state index is 13.1. The number of nitrogens with one attached hydrogen (secondary N) is 1. The van der Waals surface area contributed by atoms with E-state index in [2.05, 4.69) is 5.32 Å². The fourth-order valence-corrected chi connectivity index (χ4v) is 2.84. The van der Waals surface area contributed by atoms with Crippen molar-refractivity contribution in [3.8, 4) is 0 Å². The van der Waals surface area contributed by atoms with E-state index in [1.54, 1.807) is 0 Å². The zero-order chi connectivity index (χ0) is 20.1. The molecule has 0 saturated carbocycles.